The molecule has 3 heterocycles. The summed E-state index contributed by atoms with van der Waals surface area (Å²) in [5, 5.41) is 6.22. The van der Waals surface area contributed by atoms with Crippen LogP contribution in [0, 0.1) is 0 Å². The fourth-order valence-corrected chi connectivity index (χ4v) is 4.40. The number of nitrogens with two attached hydrogens (primary N) is 1. The van der Waals surface area contributed by atoms with Gasteiger partial charge in [0.25, 0.3) is 0 Å². The Morgan fingerprint density at radius 2 is 1.71 bits per heavy atom. The van der Waals surface area contributed by atoms with Gasteiger partial charge in [-0.3, -0.25) is 4.90 Å². The van der Waals surface area contributed by atoms with Crippen molar-refractivity contribution in [3.05, 3.63) is 65.2 Å². The van der Waals surface area contributed by atoms with Crippen LogP contribution in [0.25, 0.3) is 22.3 Å². The minimum absolute atomic E-state index is 0.555. The number of piperazine rings is 1. The first-order valence-corrected chi connectivity index (χ1v) is 11.8. The number of nitrogens with zero attached hydrogens (tertiary/aromatic N) is 6. The van der Waals surface area contributed by atoms with Crippen molar-refractivity contribution >= 4 is 34.4 Å². The number of methoxy groups -OCH3 is 1. The van der Waals surface area contributed by atoms with Crippen LogP contribution in [-0.2, 0) is 11.3 Å². The van der Waals surface area contributed by atoms with Gasteiger partial charge in [0.05, 0.1) is 24.2 Å². The number of hydrogen-bond donors (Lipinski definition) is 1. The van der Waals surface area contributed by atoms with E-state index in [2.05, 4.69) is 21.9 Å². The van der Waals surface area contributed by atoms with Crippen molar-refractivity contribution in [3.8, 4) is 11.3 Å². The van der Waals surface area contributed by atoms with Crippen molar-refractivity contribution in [2.45, 2.75) is 6.54 Å². The molecule has 0 atom stereocenters. The number of aromatic nitrogens is 4. The minimum Gasteiger partial charge on any atom is -0.383 e. The van der Waals surface area contributed by atoms with Gasteiger partial charge >= 0.3 is 0 Å². The Morgan fingerprint density at radius 3 is 2.41 bits per heavy atom. The van der Waals surface area contributed by atoms with Gasteiger partial charge in [-0.1, -0.05) is 54.1 Å². The molecule has 0 saturated carbocycles. The summed E-state index contributed by atoms with van der Waals surface area (Å²) >= 11 is 6.15. The van der Waals surface area contributed by atoms with Crippen LogP contribution >= 0.6 is 11.6 Å². The van der Waals surface area contributed by atoms with E-state index in [1.807, 2.05) is 42.5 Å². The Hall–Kier alpha value is -3.20. The first-order valence-electron chi connectivity index (χ1n) is 11.4. The van der Waals surface area contributed by atoms with E-state index in [9.17, 15) is 0 Å². The Bertz CT molecular complexity index is 1250. The SMILES string of the molecule is COCCN1CCN(c2nc(-c3ccc(Cl)cc3)c3c(N)n(Cc4ccccc4)nc3n2)CC1. The molecule has 34 heavy (non-hydrogen) atoms. The average molecular weight is 478 g/mol. The highest BCUT2D eigenvalue weighted by Gasteiger charge is 2.23. The molecule has 1 aliphatic heterocycles. The van der Waals surface area contributed by atoms with E-state index in [0.717, 1.165) is 61.5 Å². The first kappa shape index (κ1) is 22.6. The van der Waals surface area contributed by atoms with Crippen LogP contribution < -0.4 is 10.6 Å². The molecule has 1 saturated heterocycles. The van der Waals surface area contributed by atoms with Crippen molar-refractivity contribution in [1.29, 1.82) is 0 Å². The van der Waals surface area contributed by atoms with Crippen LogP contribution in [-0.4, -0.2) is 71.1 Å². The smallest absolute Gasteiger partial charge is 0.228 e. The number of rotatable bonds is 7. The number of ether oxygens (including phenoxy) is 1. The fraction of sp³-hybridized carbons (Fsp3) is 0.320. The number of anilines is 2. The summed E-state index contributed by atoms with van der Waals surface area (Å²) in [5.41, 5.74) is 10.0. The second-order valence-corrected chi connectivity index (χ2v) is 8.86. The Balaban J connectivity index is 1.53. The zero-order valence-corrected chi connectivity index (χ0v) is 19.9. The van der Waals surface area contributed by atoms with E-state index >= 15 is 0 Å². The van der Waals surface area contributed by atoms with E-state index in [4.69, 9.17) is 37.1 Å². The Labute approximate surface area is 203 Å². The van der Waals surface area contributed by atoms with Gasteiger partial charge in [0.2, 0.25) is 5.95 Å². The molecule has 4 aromatic rings. The standard InChI is InChI=1S/C25H28ClN7O/c1-34-16-15-31-11-13-32(14-12-31)25-28-22(19-7-9-20(26)10-8-19)21-23(27)33(30-24(21)29-25)17-18-5-3-2-4-6-18/h2-10H,11-17,27H2,1H3. The normalized spacial score (nSPS) is 14.7. The Morgan fingerprint density at radius 1 is 0.971 bits per heavy atom. The van der Waals surface area contributed by atoms with Gasteiger partial charge in [0.1, 0.15) is 5.82 Å². The molecule has 2 aromatic heterocycles. The third-order valence-electron chi connectivity index (χ3n) is 6.19. The number of benzene rings is 2. The second-order valence-electron chi connectivity index (χ2n) is 8.43. The molecule has 1 fully saturated rings. The zero-order chi connectivity index (χ0) is 23.5. The van der Waals surface area contributed by atoms with Gasteiger partial charge in [-0.2, -0.15) is 4.98 Å². The minimum atomic E-state index is 0.555. The summed E-state index contributed by atoms with van der Waals surface area (Å²) in [5.74, 6) is 1.23. The van der Waals surface area contributed by atoms with E-state index in [-0.39, 0.29) is 0 Å². The summed E-state index contributed by atoms with van der Waals surface area (Å²) in [6.07, 6.45) is 0. The lowest BCUT2D eigenvalue weighted by atomic mass is 10.1. The summed E-state index contributed by atoms with van der Waals surface area (Å²) in [6, 6.07) is 17.8. The summed E-state index contributed by atoms with van der Waals surface area (Å²) < 4.78 is 7.03. The molecule has 5 rings (SSSR count). The molecule has 9 heteroatoms. The maximum atomic E-state index is 6.61. The van der Waals surface area contributed by atoms with E-state index in [1.54, 1.807) is 11.8 Å². The summed E-state index contributed by atoms with van der Waals surface area (Å²) in [6.45, 7) is 5.79. The van der Waals surface area contributed by atoms with Gasteiger partial charge in [0, 0.05) is 50.4 Å². The third kappa shape index (κ3) is 4.70. The molecule has 8 nitrogen and oxygen atoms in total. The highest BCUT2D eigenvalue weighted by molar-refractivity contribution is 6.30. The lowest BCUT2D eigenvalue weighted by molar-refractivity contribution is 0.144. The molecule has 1 aliphatic rings. The van der Waals surface area contributed by atoms with Crippen molar-refractivity contribution in [3.63, 3.8) is 0 Å². The van der Waals surface area contributed by atoms with Crippen molar-refractivity contribution in [1.82, 2.24) is 24.6 Å². The summed E-state index contributed by atoms with van der Waals surface area (Å²) in [7, 11) is 1.74. The second kappa shape index (κ2) is 9.97. The number of nitrogen functional groups attached to an aromatic ring is 1. The van der Waals surface area contributed by atoms with E-state index in [1.165, 1.54) is 0 Å². The predicted octanol–water partition coefficient (Wildman–Crippen LogP) is 3.55. The number of halogens is 1. The van der Waals surface area contributed by atoms with Gasteiger partial charge in [-0.15, -0.1) is 5.10 Å². The molecular formula is C25H28ClN7O. The van der Waals surface area contributed by atoms with Gasteiger partial charge in [-0.05, 0) is 17.7 Å². The maximum Gasteiger partial charge on any atom is 0.228 e. The van der Waals surface area contributed by atoms with Crippen LogP contribution in [0.5, 0.6) is 0 Å². The van der Waals surface area contributed by atoms with Crippen LogP contribution in [0.1, 0.15) is 5.56 Å². The molecular weight excluding hydrogens is 450 g/mol. The molecule has 0 unspecified atom stereocenters. The first-order chi connectivity index (χ1) is 16.6. The zero-order valence-electron chi connectivity index (χ0n) is 19.2. The predicted molar refractivity (Wildman–Crippen MR) is 136 cm³/mol. The lowest BCUT2D eigenvalue weighted by Gasteiger charge is -2.34. The number of fused-ring (bicyclic) bond motifs is 1. The van der Waals surface area contributed by atoms with Crippen LogP contribution in [0.3, 0.4) is 0 Å². The highest BCUT2D eigenvalue weighted by Crippen LogP contribution is 2.33. The highest BCUT2D eigenvalue weighted by atomic mass is 35.5. The average Bonchev–Trinajstić information content (AvgIpc) is 3.18. The van der Waals surface area contributed by atoms with E-state index < -0.39 is 0 Å². The Kier molecular flexibility index (Phi) is 6.62. The third-order valence-corrected chi connectivity index (χ3v) is 6.44. The van der Waals surface area contributed by atoms with Crippen LogP contribution in [0.15, 0.2) is 54.6 Å². The maximum absolute atomic E-state index is 6.61. The molecule has 0 aliphatic carbocycles. The van der Waals surface area contributed by atoms with Gasteiger partial charge in [0.15, 0.2) is 5.65 Å². The van der Waals surface area contributed by atoms with Crippen LogP contribution in [0.4, 0.5) is 11.8 Å². The molecule has 0 bridgehead atoms. The quantitative estimate of drug-likeness (QED) is 0.435. The fourth-order valence-electron chi connectivity index (χ4n) is 4.27. The molecule has 0 amide bonds. The molecule has 2 N–H and O–H groups in total. The topological polar surface area (TPSA) is 85.3 Å². The monoisotopic (exact) mass is 477 g/mol. The van der Waals surface area contributed by atoms with Gasteiger partial charge < -0.3 is 15.4 Å². The molecule has 0 spiro atoms. The lowest BCUT2D eigenvalue weighted by Crippen LogP contribution is -2.47. The van der Waals surface area contributed by atoms with E-state index in [0.29, 0.717) is 29.0 Å². The van der Waals surface area contributed by atoms with Crippen molar-refractivity contribution in [2.75, 3.05) is 57.1 Å². The molecule has 0 radical (unpaired) electrons. The largest absolute Gasteiger partial charge is 0.383 e. The molecule has 176 valence electrons. The summed E-state index contributed by atoms with van der Waals surface area (Å²) in [4.78, 5) is 14.4. The van der Waals surface area contributed by atoms with Crippen molar-refractivity contribution < 1.29 is 4.74 Å². The number of hydrogen-bond acceptors (Lipinski definition) is 7. The van der Waals surface area contributed by atoms with Gasteiger partial charge in [-0.25, -0.2) is 9.67 Å². The van der Waals surface area contributed by atoms with Crippen LogP contribution in [0.2, 0.25) is 5.02 Å². The molecule has 2 aromatic carbocycles. The van der Waals surface area contributed by atoms with Crippen molar-refractivity contribution in [2.24, 2.45) is 0 Å².